The largest absolute Gasteiger partial charge is 0.366 e. The molecule has 0 fully saturated rings. The maximum atomic E-state index is 13.1. The second-order valence-corrected chi connectivity index (χ2v) is 7.32. The number of nitrogens with zero attached hydrogens (tertiary/aromatic N) is 1. The number of H-pyrrole nitrogens is 2. The predicted molar refractivity (Wildman–Crippen MR) is 126 cm³/mol. The lowest BCUT2D eigenvalue weighted by Gasteiger charge is -2.08. The SMILES string of the molecule is NC(=O)/C(=C\c1c[nH]c2nccc(NC(=O)c3c[nH]c4ccccc34)c12)c1ccccc1. The summed E-state index contributed by atoms with van der Waals surface area (Å²) in [6.45, 7) is 0. The summed E-state index contributed by atoms with van der Waals surface area (Å²) in [5, 5.41) is 4.51. The van der Waals surface area contributed by atoms with Crippen LogP contribution in [0.5, 0.6) is 0 Å². The number of aromatic nitrogens is 3. The number of amides is 2. The monoisotopic (exact) mass is 421 g/mol. The van der Waals surface area contributed by atoms with Crippen molar-refractivity contribution >= 4 is 51.1 Å². The van der Waals surface area contributed by atoms with Crippen LogP contribution < -0.4 is 11.1 Å². The first kappa shape index (κ1) is 19.3. The van der Waals surface area contributed by atoms with Crippen LogP contribution in [-0.2, 0) is 4.79 Å². The van der Waals surface area contributed by atoms with Gasteiger partial charge >= 0.3 is 0 Å². The average Bonchev–Trinajstić information content (AvgIpc) is 3.43. The molecular formula is C25H19N5O2. The summed E-state index contributed by atoms with van der Waals surface area (Å²) in [6.07, 6.45) is 6.75. The highest BCUT2D eigenvalue weighted by molar-refractivity contribution is 6.25. The highest BCUT2D eigenvalue weighted by atomic mass is 16.2. The number of pyridine rings is 1. The summed E-state index contributed by atoms with van der Waals surface area (Å²) in [4.78, 5) is 35.8. The molecule has 5 N–H and O–H groups in total. The van der Waals surface area contributed by atoms with E-state index in [1.165, 1.54) is 0 Å². The third-order valence-electron chi connectivity index (χ3n) is 5.34. The minimum atomic E-state index is -0.543. The van der Waals surface area contributed by atoms with Gasteiger partial charge in [0, 0.05) is 46.0 Å². The van der Waals surface area contributed by atoms with E-state index in [0.29, 0.717) is 39.0 Å². The minimum absolute atomic E-state index is 0.246. The molecule has 0 radical (unpaired) electrons. The standard InChI is InChI=1S/C25H19N5O2/c26-23(31)18(15-6-2-1-3-7-15)12-16-13-29-24-22(16)21(10-11-27-24)30-25(32)19-14-28-20-9-5-4-8-17(19)20/h1-14,28H,(H2,26,31)(H2,27,29,30,32)/b18-12-. The molecule has 0 aliphatic carbocycles. The van der Waals surface area contributed by atoms with Crippen LogP contribution in [0.25, 0.3) is 33.6 Å². The van der Waals surface area contributed by atoms with E-state index in [1.54, 1.807) is 30.7 Å². The van der Waals surface area contributed by atoms with Gasteiger partial charge in [-0.2, -0.15) is 0 Å². The molecular weight excluding hydrogens is 402 g/mol. The van der Waals surface area contributed by atoms with Crippen LogP contribution in [0, 0.1) is 0 Å². The van der Waals surface area contributed by atoms with Crippen molar-refractivity contribution in [3.05, 3.63) is 95.9 Å². The third kappa shape index (κ3) is 3.41. The van der Waals surface area contributed by atoms with Crippen molar-refractivity contribution in [1.82, 2.24) is 15.0 Å². The van der Waals surface area contributed by atoms with Crippen LogP contribution in [0.1, 0.15) is 21.5 Å². The maximum Gasteiger partial charge on any atom is 0.257 e. The fourth-order valence-electron chi connectivity index (χ4n) is 3.82. The van der Waals surface area contributed by atoms with Crippen LogP contribution in [0.2, 0.25) is 0 Å². The molecule has 7 heteroatoms. The lowest BCUT2D eigenvalue weighted by molar-refractivity contribution is -0.112. The molecule has 3 aromatic heterocycles. The summed E-state index contributed by atoms with van der Waals surface area (Å²) >= 11 is 0. The molecule has 2 aromatic carbocycles. The lowest BCUT2D eigenvalue weighted by Crippen LogP contribution is -2.13. The van der Waals surface area contributed by atoms with Crippen molar-refractivity contribution in [2.45, 2.75) is 0 Å². The Bertz CT molecular complexity index is 1490. The fraction of sp³-hybridized carbons (Fsp3) is 0. The Morgan fingerprint density at radius 3 is 2.53 bits per heavy atom. The van der Waals surface area contributed by atoms with Gasteiger partial charge in [-0.3, -0.25) is 9.59 Å². The molecule has 32 heavy (non-hydrogen) atoms. The Morgan fingerprint density at radius 2 is 1.72 bits per heavy atom. The molecule has 7 nitrogen and oxygen atoms in total. The van der Waals surface area contributed by atoms with Gasteiger partial charge in [-0.05, 0) is 23.8 Å². The first-order valence-corrected chi connectivity index (χ1v) is 10.0. The van der Waals surface area contributed by atoms with Crippen molar-refractivity contribution < 1.29 is 9.59 Å². The highest BCUT2D eigenvalue weighted by Crippen LogP contribution is 2.30. The summed E-state index contributed by atoms with van der Waals surface area (Å²) in [6, 6.07) is 18.5. The number of nitrogens with two attached hydrogens (primary N) is 1. The predicted octanol–water partition coefficient (Wildman–Crippen LogP) is 4.32. The van der Waals surface area contributed by atoms with Crippen LogP contribution in [0.3, 0.4) is 0 Å². The molecule has 2 amide bonds. The van der Waals surface area contributed by atoms with E-state index in [0.717, 1.165) is 10.9 Å². The van der Waals surface area contributed by atoms with E-state index in [1.807, 2.05) is 54.6 Å². The zero-order valence-corrected chi connectivity index (χ0v) is 16.9. The summed E-state index contributed by atoms with van der Waals surface area (Å²) in [5.74, 6) is -0.789. The van der Waals surface area contributed by atoms with Gasteiger partial charge in [0.25, 0.3) is 5.91 Å². The number of carbonyl (C=O) groups is 2. The van der Waals surface area contributed by atoms with E-state index in [4.69, 9.17) is 5.73 Å². The Labute approximate surface area is 183 Å². The number of aromatic amines is 2. The second kappa shape index (κ2) is 7.88. The Balaban J connectivity index is 1.58. The van der Waals surface area contributed by atoms with Gasteiger partial charge in [0.1, 0.15) is 5.65 Å². The number of hydrogen-bond donors (Lipinski definition) is 4. The smallest absolute Gasteiger partial charge is 0.257 e. The van der Waals surface area contributed by atoms with Gasteiger partial charge < -0.3 is 21.0 Å². The zero-order valence-electron chi connectivity index (χ0n) is 16.9. The average molecular weight is 421 g/mol. The van der Waals surface area contributed by atoms with E-state index >= 15 is 0 Å². The highest BCUT2D eigenvalue weighted by Gasteiger charge is 2.16. The van der Waals surface area contributed by atoms with E-state index < -0.39 is 5.91 Å². The van der Waals surface area contributed by atoms with Crippen molar-refractivity contribution in [3.8, 4) is 0 Å². The number of nitrogens with one attached hydrogen (secondary N) is 3. The number of fused-ring (bicyclic) bond motifs is 2. The molecule has 0 atom stereocenters. The molecule has 3 heterocycles. The Morgan fingerprint density at radius 1 is 0.938 bits per heavy atom. The molecule has 156 valence electrons. The van der Waals surface area contributed by atoms with Gasteiger partial charge in [0.05, 0.1) is 11.3 Å². The molecule has 0 aliphatic rings. The van der Waals surface area contributed by atoms with Crippen LogP contribution in [-0.4, -0.2) is 26.8 Å². The summed E-state index contributed by atoms with van der Waals surface area (Å²) in [5.41, 5.74) is 10.0. The van der Waals surface area contributed by atoms with Crippen molar-refractivity contribution in [3.63, 3.8) is 0 Å². The van der Waals surface area contributed by atoms with Crippen LogP contribution in [0.15, 0.2) is 79.3 Å². The third-order valence-corrected chi connectivity index (χ3v) is 5.34. The van der Waals surface area contributed by atoms with E-state index in [9.17, 15) is 9.59 Å². The zero-order chi connectivity index (χ0) is 22.1. The van der Waals surface area contributed by atoms with Gasteiger partial charge in [-0.25, -0.2) is 4.98 Å². The number of rotatable bonds is 5. The fourth-order valence-corrected chi connectivity index (χ4v) is 3.82. The van der Waals surface area contributed by atoms with Gasteiger partial charge in [-0.15, -0.1) is 0 Å². The number of para-hydroxylation sites is 1. The second-order valence-electron chi connectivity index (χ2n) is 7.32. The normalized spacial score (nSPS) is 11.7. The number of carbonyl (C=O) groups excluding carboxylic acids is 2. The summed E-state index contributed by atoms with van der Waals surface area (Å²) in [7, 11) is 0. The topological polar surface area (TPSA) is 117 Å². The van der Waals surface area contributed by atoms with Crippen molar-refractivity contribution in [2.24, 2.45) is 5.73 Å². The van der Waals surface area contributed by atoms with Crippen molar-refractivity contribution in [1.29, 1.82) is 0 Å². The number of primary amides is 1. The quantitative estimate of drug-likeness (QED) is 0.317. The van der Waals surface area contributed by atoms with Gasteiger partial charge in [-0.1, -0.05) is 48.5 Å². The molecule has 0 unspecified atom stereocenters. The van der Waals surface area contributed by atoms with E-state index in [2.05, 4.69) is 20.3 Å². The number of benzene rings is 2. The molecule has 5 aromatic rings. The van der Waals surface area contributed by atoms with Gasteiger partial charge in [0.15, 0.2) is 0 Å². The molecule has 5 rings (SSSR count). The first-order valence-electron chi connectivity index (χ1n) is 10.0. The Hall–Kier alpha value is -4.65. The summed E-state index contributed by atoms with van der Waals surface area (Å²) < 4.78 is 0. The lowest BCUT2D eigenvalue weighted by atomic mass is 10.0. The van der Waals surface area contributed by atoms with Crippen LogP contribution in [0.4, 0.5) is 5.69 Å². The number of hydrogen-bond acceptors (Lipinski definition) is 3. The Kier molecular flexibility index (Phi) is 4.76. The number of anilines is 1. The minimum Gasteiger partial charge on any atom is -0.366 e. The first-order chi connectivity index (χ1) is 15.6. The molecule has 0 spiro atoms. The maximum absolute atomic E-state index is 13.1. The van der Waals surface area contributed by atoms with Gasteiger partial charge in [0.2, 0.25) is 5.91 Å². The molecule has 0 aliphatic heterocycles. The molecule has 0 saturated heterocycles. The molecule has 0 bridgehead atoms. The molecule has 0 saturated carbocycles. The van der Waals surface area contributed by atoms with E-state index in [-0.39, 0.29) is 5.91 Å². The van der Waals surface area contributed by atoms with Crippen LogP contribution >= 0.6 is 0 Å². The van der Waals surface area contributed by atoms with Crippen molar-refractivity contribution in [2.75, 3.05) is 5.32 Å².